The fourth-order valence-electron chi connectivity index (χ4n) is 4.02. The lowest BCUT2D eigenvalue weighted by molar-refractivity contribution is 0.0931. The van der Waals surface area contributed by atoms with Gasteiger partial charge in [0.05, 0.1) is 27.2 Å². The molecule has 1 aliphatic rings. The van der Waals surface area contributed by atoms with Gasteiger partial charge in [-0.3, -0.25) is 9.52 Å². The van der Waals surface area contributed by atoms with Gasteiger partial charge in [0.2, 0.25) is 0 Å². The summed E-state index contributed by atoms with van der Waals surface area (Å²) in [6.07, 6.45) is 7.65. The van der Waals surface area contributed by atoms with Crippen molar-refractivity contribution >= 4 is 32.7 Å². The molecule has 4 rings (SSSR count). The Hall–Kier alpha value is -3.07. The number of sulfonamides is 1. The molecule has 164 valence electrons. The molecule has 1 saturated carbocycles. The highest BCUT2D eigenvalue weighted by molar-refractivity contribution is 7.92. The molecule has 0 unspecified atom stereocenters. The summed E-state index contributed by atoms with van der Waals surface area (Å²) in [6.45, 7) is 0. The standard InChI is InChI=1S/C22H26N4O4S/c27-21(23-15-8-4-2-1-3-5-9-15)17-10-6-7-11-18(17)26-31(29,30)16-12-13-19-20(14-16)25-22(28)24-19/h6-7,10-15,26H,1-5,8-9H2,(H,23,27)(H2,24,25,28). The highest BCUT2D eigenvalue weighted by Gasteiger charge is 2.21. The molecule has 0 saturated heterocycles. The molecule has 3 aromatic rings. The van der Waals surface area contributed by atoms with Crippen LogP contribution < -0.4 is 15.7 Å². The summed E-state index contributed by atoms with van der Waals surface area (Å²) in [5, 5.41) is 3.08. The van der Waals surface area contributed by atoms with Gasteiger partial charge in [-0.15, -0.1) is 0 Å². The van der Waals surface area contributed by atoms with Crippen molar-refractivity contribution in [3.63, 3.8) is 0 Å². The van der Waals surface area contributed by atoms with Crippen LogP contribution in [0.15, 0.2) is 52.2 Å². The quantitative estimate of drug-likeness (QED) is 0.483. The Bertz CT molecular complexity index is 1240. The van der Waals surface area contributed by atoms with Gasteiger partial charge < -0.3 is 15.3 Å². The van der Waals surface area contributed by atoms with E-state index in [9.17, 15) is 18.0 Å². The molecule has 1 aliphatic carbocycles. The zero-order chi connectivity index (χ0) is 21.8. The second kappa shape index (κ2) is 8.97. The number of H-pyrrole nitrogens is 2. The third-order valence-electron chi connectivity index (χ3n) is 5.65. The van der Waals surface area contributed by atoms with Crippen molar-refractivity contribution in [2.75, 3.05) is 4.72 Å². The Kier molecular flexibility index (Phi) is 6.13. The molecule has 0 atom stereocenters. The molecule has 2 aromatic carbocycles. The highest BCUT2D eigenvalue weighted by atomic mass is 32.2. The number of nitrogens with one attached hydrogen (secondary N) is 4. The van der Waals surface area contributed by atoms with Crippen molar-refractivity contribution in [2.45, 2.75) is 55.9 Å². The van der Waals surface area contributed by atoms with Gasteiger partial charge in [-0.05, 0) is 43.2 Å². The first-order valence-corrected chi connectivity index (χ1v) is 12.1. The van der Waals surface area contributed by atoms with Gasteiger partial charge in [-0.2, -0.15) is 0 Å². The summed E-state index contributed by atoms with van der Waals surface area (Å²) in [5.74, 6) is -0.283. The van der Waals surface area contributed by atoms with Gasteiger partial charge >= 0.3 is 5.69 Å². The zero-order valence-corrected chi connectivity index (χ0v) is 17.9. The largest absolute Gasteiger partial charge is 0.349 e. The molecule has 0 aliphatic heterocycles. The lowest BCUT2D eigenvalue weighted by Crippen LogP contribution is -2.35. The topological polar surface area (TPSA) is 124 Å². The summed E-state index contributed by atoms with van der Waals surface area (Å²) >= 11 is 0. The lowest BCUT2D eigenvalue weighted by Gasteiger charge is -2.22. The first kappa shape index (κ1) is 21.2. The first-order valence-electron chi connectivity index (χ1n) is 10.6. The van der Waals surface area contributed by atoms with Crippen LogP contribution in [0, 0.1) is 0 Å². The number of imidazole rings is 1. The molecule has 1 heterocycles. The number of rotatable bonds is 5. The van der Waals surface area contributed by atoms with Crippen LogP contribution in [0.1, 0.15) is 55.3 Å². The van der Waals surface area contributed by atoms with Crippen LogP contribution in [0.2, 0.25) is 0 Å². The average Bonchev–Trinajstić information content (AvgIpc) is 3.09. The van der Waals surface area contributed by atoms with E-state index < -0.39 is 15.7 Å². The van der Waals surface area contributed by atoms with Crippen LogP contribution in [0.3, 0.4) is 0 Å². The molecule has 1 amide bonds. The summed E-state index contributed by atoms with van der Waals surface area (Å²) in [6, 6.07) is 11.0. The summed E-state index contributed by atoms with van der Waals surface area (Å²) in [5.41, 5.74) is 0.998. The Labute approximate surface area is 180 Å². The van der Waals surface area contributed by atoms with Crippen LogP contribution in [-0.4, -0.2) is 30.3 Å². The second-order valence-electron chi connectivity index (χ2n) is 7.95. The number of carbonyl (C=O) groups excluding carboxylic acids is 1. The van der Waals surface area contributed by atoms with Gasteiger partial charge in [0.1, 0.15) is 0 Å². The van der Waals surface area contributed by atoms with Crippen LogP contribution in [0.4, 0.5) is 5.69 Å². The Balaban J connectivity index is 1.55. The second-order valence-corrected chi connectivity index (χ2v) is 9.64. The van der Waals surface area contributed by atoms with Crippen LogP contribution >= 0.6 is 0 Å². The first-order chi connectivity index (χ1) is 14.9. The third-order valence-corrected chi connectivity index (χ3v) is 7.02. The number of anilines is 1. The molecule has 1 aromatic heterocycles. The lowest BCUT2D eigenvalue weighted by atomic mass is 9.96. The predicted molar refractivity (Wildman–Crippen MR) is 120 cm³/mol. The van der Waals surface area contributed by atoms with Crippen molar-refractivity contribution in [1.82, 2.24) is 15.3 Å². The van der Waals surface area contributed by atoms with E-state index in [1.807, 2.05) is 0 Å². The number of amides is 1. The molecule has 0 bridgehead atoms. The van der Waals surface area contributed by atoms with E-state index in [2.05, 4.69) is 20.0 Å². The van der Waals surface area contributed by atoms with E-state index in [1.54, 1.807) is 24.3 Å². The van der Waals surface area contributed by atoms with Crippen molar-refractivity contribution < 1.29 is 13.2 Å². The maximum Gasteiger partial charge on any atom is 0.323 e. The van der Waals surface area contributed by atoms with Crippen molar-refractivity contribution in [3.8, 4) is 0 Å². The van der Waals surface area contributed by atoms with Crippen molar-refractivity contribution in [2.24, 2.45) is 0 Å². The summed E-state index contributed by atoms with van der Waals surface area (Å²) < 4.78 is 28.4. The molecule has 4 N–H and O–H groups in total. The number of carbonyl (C=O) groups is 1. The smallest absolute Gasteiger partial charge is 0.323 e. The molecule has 31 heavy (non-hydrogen) atoms. The number of aromatic amines is 2. The van der Waals surface area contributed by atoms with Crippen LogP contribution in [0.25, 0.3) is 11.0 Å². The van der Waals surface area contributed by atoms with E-state index in [0.29, 0.717) is 11.0 Å². The molecule has 8 nitrogen and oxygen atoms in total. The SMILES string of the molecule is O=C(NC1CCCCCCC1)c1ccccc1NS(=O)(=O)c1ccc2[nH]c(=O)[nH]c2c1. The van der Waals surface area contributed by atoms with Gasteiger partial charge in [-0.1, -0.05) is 44.2 Å². The number of hydrogen-bond donors (Lipinski definition) is 4. The number of aromatic nitrogens is 2. The van der Waals surface area contributed by atoms with Gasteiger partial charge in [-0.25, -0.2) is 13.2 Å². The highest BCUT2D eigenvalue weighted by Crippen LogP contribution is 2.23. The maximum absolute atomic E-state index is 13.0. The molecule has 9 heteroatoms. The minimum absolute atomic E-state index is 0.00882. The maximum atomic E-state index is 13.0. The van der Waals surface area contributed by atoms with E-state index in [4.69, 9.17) is 0 Å². The molecule has 1 fully saturated rings. The molecule has 0 radical (unpaired) electrons. The number of para-hydroxylation sites is 1. The molecular formula is C22H26N4O4S. The van der Waals surface area contributed by atoms with Crippen molar-refractivity contribution in [1.29, 1.82) is 0 Å². The van der Waals surface area contributed by atoms with Gasteiger partial charge in [0.25, 0.3) is 15.9 Å². The summed E-state index contributed by atoms with van der Waals surface area (Å²) in [7, 11) is -3.96. The number of benzene rings is 2. The minimum atomic E-state index is -3.96. The average molecular weight is 443 g/mol. The van der Waals surface area contributed by atoms with Gasteiger partial charge in [0.15, 0.2) is 0 Å². The van der Waals surface area contributed by atoms with Crippen LogP contribution in [0.5, 0.6) is 0 Å². The number of fused-ring (bicyclic) bond motifs is 1. The Morgan fingerprint density at radius 2 is 1.58 bits per heavy atom. The molecular weight excluding hydrogens is 416 g/mol. The van der Waals surface area contributed by atoms with E-state index in [-0.39, 0.29) is 28.1 Å². The van der Waals surface area contributed by atoms with Gasteiger partial charge in [0, 0.05) is 6.04 Å². The number of hydrogen-bond acceptors (Lipinski definition) is 4. The fourth-order valence-corrected chi connectivity index (χ4v) is 5.12. The van der Waals surface area contributed by atoms with E-state index >= 15 is 0 Å². The third kappa shape index (κ3) is 4.99. The fraction of sp³-hybridized carbons (Fsp3) is 0.364. The zero-order valence-electron chi connectivity index (χ0n) is 17.1. The van der Waals surface area contributed by atoms with E-state index in [0.717, 1.165) is 25.7 Å². The molecule has 0 spiro atoms. The predicted octanol–water partition coefficient (Wildman–Crippen LogP) is 3.50. The van der Waals surface area contributed by atoms with Crippen LogP contribution in [-0.2, 0) is 10.0 Å². The Morgan fingerprint density at radius 3 is 2.35 bits per heavy atom. The minimum Gasteiger partial charge on any atom is -0.349 e. The monoisotopic (exact) mass is 442 g/mol. The van der Waals surface area contributed by atoms with Crippen molar-refractivity contribution in [3.05, 3.63) is 58.5 Å². The summed E-state index contributed by atoms with van der Waals surface area (Å²) in [4.78, 5) is 29.5. The van der Waals surface area contributed by atoms with E-state index in [1.165, 1.54) is 37.5 Å². The normalized spacial score (nSPS) is 15.9. The Morgan fingerprint density at radius 1 is 0.903 bits per heavy atom.